The lowest BCUT2D eigenvalue weighted by atomic mass is 10.0. The summed E-state index contributed by atoms with van der Waals surface area (Å²) in [7, 11) is 0. The van der Waals surface area contributed by atoms with Crippen LogP contribution >= 0.6 is 0 Å². The molecule has 1 saturated heterocycles. The summed E-state index contributed by atoms with van der Waals surface area (Å²) in [5, 5.41) is 5.91. The highest BCUT2D eigenvalue weighted by molar-refractivity contribution is 6.02. The topological polar surface area (TPSA) is 61.4 Å². The Balaban J connectivity index is 1.74. The third kappa shape index (κ3) is 4.67. The van der Waals surface area contributed by atoms with E-state index >= 15 is 0 Å². The lowest BCUT2D eigenvalue weighted by Crippen LogP contribution is -2.47. The molecule has 5 heteroatoms. The van der Waals surface area contributed by atoms with Crippen LogP contribution in [-0.2, 0) is 4.79 Å². The summed E-state index contributed by atoms with van der Waals surface area (Å²) in [6.07, 6.45) is 2.34. The number of nitrogens with one attached hydrogen (secondary N) is 2. The number of amides is 2. The van der Waals surface area contributed by atoms with E-state index in [0.717, 1.165) is 24.5 Å². The van der Waals surface area contributed by atoms with Crippen molar-refractivity contribution >= 4 is 23.2 Å². The maximum absolute atomic E-state index is 12.9. The Morgan fingerprint density at radius 2 is 1.56 bits per heavy atom. The van der Waals surface area contributed by atoms with Gasteiger partial charge in [-0.25, -0.2) is 0 Å². The van der Waals surface area contributed by atoms with Crippen LogP contribution in [0.2, 0.25) is 0 Å². The Morgan fingerprint density at radius 1 is 0.926 bits per heavy atom. The van der Waals surface area contributed by atoms with E-state index in [4.69, 9.17) is 0 Å². The van der Waals surface area contributed by atoms with Crippen molar-refractivity contribution in [2.75, 3.05) is 23.3 Å². The van der Waals surface area contributed by atoms with Gasteiger partial charge in [-0.15, -0.1) is 0 Å². The molecule has 1 fully saturated rings. The fraction of sp³-hybridized carbons (Fsp3) is 0.364. The minimum Gasteiger partial charge on any atom is -0.370 e. The summed E-state index contributed by atoms with van der Waals surface area (Å²) in [5.74, 6) is -0.463. The normalized spacial score (nSPS) is 14.9. The number of nitrogens with zero attached hydrogens (tertiary/aromatic N) is 1. The first-order valence-corrected chi connectivity index (χ1v) is 9.57. The van der Waals surface area contributed by atoms with E-state index < -0.39 is 6.04 Å². The molecule has 1 atom stereocenters. The van der Waals surface area contributed by atoms with Gasteiger partial charge in [0.15, 0.2) is 0 Å². The lowest BCUT2D eigenvalue weighted by Gasteiger charge is -2.25. The van der Waals surface area contributed by atoms with Gasteiger partial charge >= 0.3 is 0 Å². The number of anilines is 2. The standard InChI is InChI=1S/C22H27N3O2/c1-16(2)20(24-21(26)17-10-4-3-5-11-17)22(27)23-18-12-6-7-13-19(18)25-14-8-9-15-25/h3-7,10-13,16,20H,8-9,14-15H2,1-2H3,(H,23,27)(H,24,26)/t20-/m1/s1. The average molecular weight is 365 g/mol. The molecule has 2 amide bonds. The molecule has 0 radical (unpaired) electrons. The summed E-state index contributed by atoms with van der Waals surface area (Å²) < 4.78 is 0. The molecule has 0 bridgehead atoms. The van der Waals surface area contributed by atoms with Gasteiger partial charge < -0.3 is 15.5 Å². The Morgan fingerprint density at radius 3 is 2.22 bits per heavy atom. The third-order valence-corrected chi connectivity index (χ3v) is 4.88. The molecule has 2 aromatic rings. The van der Waals surface area contributed by atoms with Gasteiger partial charge in [-0.05, 0) is 43.0 Å². The zero-order valence-electron chi connectivity index (χ0n) is 15.9. The molecular weight excluding hydrogens is 338 g/mol. The monoisotopic (exact) mass is 365 g/mol. The molecule has 0 aromatic heterocycles. The second kappa shape index (κ2) is 8.71. The highest BCUT2D eigenvalue weighted by atomic mass is 16.2. The van der Waals surface area contributed by atoms with Crippen molar-refractivity contribution in [3.63, 3.8) is 0 Å². The second-order valence-corrected chi connectivity index (χ2v) is 7.26. The summed E-state index contributed by atoms with van der Waals surface area (Å²) >= 11 is 0. The van der Waals surface area contributed by atoms with Crippen LogP contribution in [0.15, 0.2) is 54.6 Å². The fourth-order valence-corrected chi connectivity index (χ4v) is 3.37. The number of carbonyl (C=O) groups is 2. The molecule has 5 nitrogen and oxygen atoms in total. The van der Waals surface area contributed by atoms with E-state index in [-0.39, 0.29) is 17.7 Å². The van der Waals surface area contributed by atoms with Crippen molar-refractivity contribution in [3.05, 3.63) is 60.2 Å². The molecule has 0 spiro atoms. The maximum Gasteiger partial charge on any atom is 0.251 e. The highest BCUT2D eigenvalue weighted by Crippen LogP contribution is 2.28. The number of carbonyl (C=O) groups excluding carboxylic acids is 2. The third-order valence-electron chi connectivity index (χ3n) is 4.88. The summed E-state index contributed by atoms with van der Waals surface area (Å²) in [4.78, 5) is 27.7. The van der Waals surface area contributed by atoms with Crippen molar-refractivity contribution in [2.45, 2.75) is 32.7 Å². The first-order valence-electron chi connectivity index (χ1n) is 9.57. The Hall–Kier alpha value is -2.82. The van der Waals surface area contributed by atoms with Crippen molar-refractivity contribution in [1.82, 2.24) is 5.32 Å². The molecule has 1 aliphatic rings. The van der Waals surface area contributed by atoms with Crippen LogP contribution in [0.25, 0.3) is 0 Å². The van der Waals surface area contributed by atoms with Crippen molar-refractivity contribution in [3.8, 4) is 0 Å². The molecule has 2 N–H and O–H groups in total. The Labute approximate surface area is 160 Å². The molecule has 0 saturated carbocycles. The van der Waals surface area contributed by atoms with Crippen LogP contribution in [0.3, 0.4) is 0 Å². The highest BCUT2D eigenvalue weighted by Gasteiger charge is 2.26. The second-order valence-electron chi connectivity index (χ2n) is 7.26. The van der Waals surface area contributed by atoms with Gasteiger partial charge in [0.1, 0.15) is 6.04 Å². The first-order chi connectivity index (χ1) is 13.1. The van der Waals surface area contributed by atoms with Gasteiger partial charge in [-0.1, -0.05) is 44.2 Å². The fourth-order valence-electron chi connectivity index (χ4n) is 3.37. The van der Waals surface area contributed by atoms with E-state index in [0.29, 0.717) is 5.56 Å². The van der Waals surface area contributed by atoms with Crippen LogP contribution in [0.5, 0.6) is 0 Å². The maximum atomic E-state index is 12.9. The zero-order chi connectivity index (χ0) is 19.2. The number of rotatable bonds is 6. The molecule has 0 unspecified atom stereocenters. The smallest absolute Gasteiger partial charge is 0.251 e. The van der Waals surface area contributed by atoms with Gasteiger partial charge in [-0.3, -0.25) is 9.59 Å². The van der Waals surface area contributed by atoms with Crippen LogP contribution in [0.4, 0.5) is 11.4 Å². The van der Waals surface area contributed by atoms with Gasteiger partial charge in [0.2, 0.25) is 5.91 Å². The van der Waals surface area contributed by atoms with E-state index in [9.17, 15) is 9.59 Å². The predicted molar refractivity (Wildman–Crippen MR) is 109 cm³/mol. The number of para-hydroxylation sites is 2. The largest absolute Gasteiger partial charge is 0.370 e. The van der Waals surface area contributed by atoms with E-state index in [1.807, 2.05) is 56.3 Å². The lowest BCUT2D eigenvalue weighted by molar-refractivity contribution is -0.118. The van der Waals surface area contributed by atoms with Gasteiger partial charge in [0.25, 0.3) is 5.91 Å². The van der Waals surface area contributed by atoms with Gasteiger partial charge in [0.05, 0.1) is 11.4 Å². The molecule has 142 valence electrons. The van der Waals surface area contributed by atoms with Gasteiger partial charge in [0, 0.05) is 18.7 Å². The SMILES string of the molecule is CC(C)[C@@H](NC(=O)c1ccccc1)C(=O)Nc1ccccc1N1CCCC1. The van der Waals surface area contributed by atoms with Crippen LogP contribution in [0.1, 0.15) is 37.0 Å². The first kappa shape index (κ1) is 19.0. The summed E-state index contributed by atoms with van der Waals surface area (Å²) in [6.45, 7) is 5.88. The minimum absolute atomic E-state index is 0.0309. The van der Waals surface area contributed by atoms with Crippen molar-refractivity contribution < 1.29 is 9.59 Å². The predicted octanol–water partition coefficient (Wildman–Crippen LogP) is 3.68. The van der Waals surface area contributed by atoms with Crippen molar-refractivity contribution in [2.24, 2.45) is 5.92 Å². The number of hydrogen-bond acceptors (Lipinski definition) is 3. The molecule has 1 aliphatic heterocycles. The molecule has 0 aliphatic carbocycles. The molecule has 3 rings (SSSR count). The molecular formula is C22H27N3O2. The molecule has 2 aromatic carbocycles. The van der Waals surface area contributed by atoms with E-state index in [1.165, 1.54) is 12.8 Å². The van der Waals surface area contributed by atoms with Crippen molar-refractivity contribution in [1.29, 1.82) is 0 Å². The summed E-state index contributed by atoms with van der Waals surface area (Å²) in [5.41, 5.74) is 2.39. The quantitative estimate of drug-likeness (QED) is 0.821. The number of hydrogen-bond donors (Lipinski definition) is 2. The van der Waals surface area contributed by atoms with Gasteiger partial charge in [-0.2, -0.15) is 0 Å². The van der Waals surface area contributed by atoms with Crippen LogP contribution < -0.4 is 15.5 Å². The van der Waals surface area contributed by atoms with E-state index in [1.54, 1.807) is 12.1 Å². The average Bonchev–Trinajstić information content (AvgIpc) is 3.21. The van der Waals surface area contributed by atoms with Crippen LogP contribution in [0, 0.1) is 5.92 Å². The zero-order valence-corrected chi connectivity index (χ0v) is 15.9. The Kier molecular flexibility index (Phi) is 6.12. The van der Waals surface area contributed by atoms with E-state index in [2.05, 4.69) is 15.5 Å². The molecule has 1 heterocycles. The number of benzene rings is 2. The molecule has 27 heavy (non-hydrogen) atoms. The minimum atomic E-state index is -0.607. The van der Waals surface area contributed by atoms with Crippen LogP contribution in [-0.4, -0.2) is 30.9 Å². The Bertz CT molecular complexity index is 783. The summed E-state index contributed by atoms with van der Waals surface area (Å²) in [6, 6.07) is 16.2.